The summed E-state index contributed by atoms with van der Waals surface area (Å²) in [6.45, 7) is 5.88. The van der Waals surface area contributed by atoms with Crippen molar-refractivity contribution in [3.8, 4) is 5.75 Å². The summed E-state index contributed by atoms with van der Waals surface area (Å²) in [5, 5.41) is 0. The second kappa shape index (κ2) is 5.79. The number of hydrogen-bond acceptors (Lipinski definition) is 3. The predicted octanol–water partition coefficient (Wildman–Crippen LogP) is 3.40. The van der Waals surface area contributed by atoms with Crippen LogP contribution in [0.2, 0.25) is 0 Å². The molecule has 19 heavy (non-hydrogen) atoms. The third-order valence-corrected chi connectivity index (χ3v) is 2.72. The van der Waals surface area contributed by atoms with Crippen molar-refractivity contribution in [1.82, 2.24) is 0 Å². The molecule has 0 heterocycles. The van der Waals surface area contributed by atoms with Crippen molar-refractivity contribution in [2.24, 2.45) is 5.73 Å². The van der Waals surface area contributed by atoms with Gasteiger partial charge in [0.25, 0.3) is 0 Å². The van der Waals surface area contributed by atoms with Gasteiger partial charge in [0.15, 0.2) is 0 Å². The molecule has 0 aromatic heterocycles. The molecule has 108 valence electrons. The van der Waals surface area contributed by atoms with E-state index in [1.54, 1.807) is 19.9 Å². The van der Waals surface area contributed by atoms with Crippen molar-refractivity contribution < 1.29 is 22.6 Å². The van der Waals surface area contributed by atoms with Gasteiger partial charge in [0.2, 0.25) is 0 Å². The monoisotopic (exact) mass is 277 g/mol. The molecule has 1 aromatic carbocycles. The Labute approximate surface area is 110 Å². The van der Waals surface area contributed by atoms with Gasteiger partial charge in [-0.3, -0.25) is 0 Å². The molecule has 0 aliphatic heterocycles. The highest BCUT2D eigenvalue weighted by Crippen LogP contribution is 2.30. The van der Waals surface area contributed by atoms with Crippen LogP contribution in [-0.2, 0) is 4.74 Å². The number of alkyl halides is 3. The largest absolute Gasteiger partial charge is 0.573 e. The molecule has 0 amide bonds. The molecule has 0 aliphatic rings. The average Bonchev–Trinajstić information content (AvgIpc) is 2.26. The molecule has 0 spiro atoms. The van der Waals surface area contributed by atoms with Crippen molar-refractivity contribution in [3.63, 3.8) is 0 Å². The summed E-state index contributed by atoms with van der Waals surface area (Å²) in [4.78, 5) is 0. The van der Waals surface area contributed by atoms with Crippen LogP contribution >= 0.6 is 0 Å². The first-order valence-electron chi connectivity index (χ1n) is 5.91. The van der Waals surface area contributed by atoms with Crippen LogP contribution in [0.4, 0.5) is 13.2 Å². The van der Waals surface area contributed by atoms with Crippen LogP contribution < -0.4 is 10.5 Å². The minimum atomic E-state index is -4.71. The standard InChI is InChI=1S/C13H18F3NO2/c1-4-18-12(2,3)11(17)9-6-5-7-10(8-9)19-13(14,15)16/h5-8,11H,4,17H2,1-3H3. The number of benzene rings is 1. The zero-order valence-electron chi connectivity index (χ0n) is 11.1. The molecule has 1 rings (SSSR count). The molecule has 6 heteroatoms. The van der Waals surface area contributed by atoms with E-state index in [4.69, 9.17) is 10.5 Å². The fraction of sp³-hybridized carbons (Fsp3) is 0.538. The van der Waals surface area contributed by atoms with Gasteiger partial charge in [0, 0.05) is 6.61 Å². The van der Waals surface area contributed by atoms with Gasteiger partial charge in [-0.1, -0.05) is 12.1 Å². The highest BCUT2D eigenvalue weighted by Gasteiger charge is 2.32. The van der Waals surface area contributed by atoms with Crippen LogP contribution in [0.25, 0.3) is 0 Å². The van der Waals surface area contributed by atoms with Gasteiger partial charge < -0.3 is 15.2 Å². The highest BCUT2D eigenvalue weighted by molar-refractivity contribution is 5.31. The third kappa shape index (κ3) is 4.72. The summed E-state index contributed by atoms with van der Waals surface area (Å²) in [5.41, 5.74) is 5.88. The Morgan fingerprint density at radius 3 is 2.42 bits per heavy atom. The Hall–Kier alpha value is -1.27. The molecule has 0 aliphatic carbocycles. The van der Waals surface area contributed by atoms with Crippen LogP contribution in [0.1, 0.15) is 32.4 Å². The molecular weight excluding hydrogens is 259 g/mol. The third-order valence-electron chi connectivity index (χ3n) is 2.72. The van der Waals surface area contributed by atoms with Crippen molar-refractivity contribution in [2.45, 2.75) is 38.8 Å². The molecule has 0 bridgehead atoms. The summed E-state index contributed by atoms with van der Waals surface area (Å²) >= 11 is 0. The average molecular weight is 277 g/mol. The molecule has 0 saturated carbocycles. The van der Waals surface area contributed by atoms with Crippen LogP contribution in [0.15, 0.2) is 24.3 Å². The number of nitrogens with two attached hydrogens (primary N) is 1. The number of halogens is 3. The second-order valence-corrected chi connectivity index (χ2v) is 4.63. The first-order valence-corrected chi connectivity index (χ1v) is 5.91. The van der Waals surface area contributed by atoms with Crippen molar-refractivity contribution in [3.05, 3.63) is 29.8 Å². The minimum Gasteiger partial charge on any atom is -0.406 e. The maximum atomic E-state index is 12.2. The molecule has 1 unspecified atom stereocenters. The van der Waals surface area contributed by atoms with Crippen molar-refractivity contribution >= 4 is 0 Å². The first-order chi connectivity index (χ1) is 8.65. The second-order valence-electron chi connectivity index (χ2n) is 4.63. The highest BCUT2D eigenvalue weighted by atomic mass is 19.4. The summed E-state index contributed by atoms with van der Waals surface area (Å²) in [5.74, 6) is -0.284. The Bertz CT molecular complexity index is 419. The van der Waals surface area contributed by atoms with Gasteiger partial charge in [0.05, 0.1) is 11.6 Å². The summed E-state index contributed by atoms with van der Waals surface area (Å²) in [7, 11) is 0. The lowest BCUT2D eigenvalue weighted by Crippen LogP contribution is -2.38. The normalized spacial score (nSPS) is 14.3. The Morgan fingerprint density at radius 2 is 1.89 bits per heavy atom. The van der Waals surface area contributed by atoms with Crippen molar-refractivity contribution in [1.29, 1.82) is 0 Å². The molecule has 0 fully saturated rings. The summed E-state index contributed by atoms with van der Waals surface area (Å²) < 4.78 is 45.8. The van der Waals surface area contributed by atoms with Crippen LogP contribution in [0.3, 0.4) is 0 Å². The van der Waals surface area contributed by atoms with Gasteiger partial charge in [-0.15, -0.1) is 13.2 Å². The molecular formula is C13H18F3NO2. The zero-order valence-corrected chi connectivity index (χ0v) is 11.1. The zero-order chi connectivity index (χ0) is 14.7. The fourth-order valence-electron chi connectivity index (χ4n) is 1.77. The lowest BCUT2D eigenvalue weighted by molar-refractivity contribution is -0.274. The van der Waals surface area contributed by atoms with Crippen LogP contribution in [0.5, 0.6) is 5.75 Å². The van der Waals surface area contributed by atoms with E-state index >= 15 is 0 Å². The SMILES string of the molecule is CCOC(C)(C)C(N)c1cccc(OC(F)(F)F)c1. The van der Waals surface area contributed by atoms with E-state index in [-0.39, 0.29) is 5.75 Å². The molecule has 1 atom stereocenters. The number of rotatable bonds is 5. The van der Waals surface area contributed by atoms with E-state index in [0.717, 1.165) is 0 Å². The maximum Gasteiger partial charge on any atom is 0.573 e. The summed E-state index contributed by atoms with van der Waals surface area (Å²) in [6, 6.07) is 5.08. The van der Waals surface area contributed by atoms with Gasteiger partial charge in [-0.05, 0) is 38.5 Å². The number of ether oxygens (including phenoxy) is 2. The molecule has 0 radical (unpaired) electrons. The topological polar surface area (TPSA) is 44.5 Å². The van der Waals surface area contributed by atoms with Crippen LogP contribution in [-0.4, -0.2) is 18.6 Å². The maximum absolute atomic E-state index is 12.2. The molecule has 3 nitrogen and oxygen atoms in total. The van der Waals surface area contributed by atoms with Gasteiger partial charge in [-0.2, -0.15) is 0 Å². The van der Waals surface area contributed by atoms with E-state index in [9.17, 15) is 13.2 Å². The Morgan fingerprint density at radius 1 is 1.26 bits per heavy atom. The van der Waals surface area contributed by atoms with Gasteiger partial charge in [-0.25, -0.2) is 0 Å². The minimum absolute atomic E-state index is 0.284. The predicted molar refractivity (Wildman–Crippen MR) is 65.8 cm³/mol. The summed E-state index contributed by atoms with van der Waals surface area (Å²) in [6.07, 6.45) is -4.71. The molecule has 0 saturated heterocycles. The van der Waals surface area contributed by atoms with Crippen LogP contribution in [0, 0.1) is 0 Å². The molecule has 2 N–H and O–H groups in total. The Balaban J connectivity index is 2.93. The smallest absolute Gasteiger partial charge is 0.406 e. The van der Waals surface area contributed by atoms with Crippen molar-refractivity contribution in [2.75, 3.05) is 6.61 Å². The van der Waals surface area contributed by atoms with E-state index in [0.29, 0.717) is 12.2 Å². The first kappa shape index (κ1) is 15.8. The van der Waals surface area contributed by atoms with E-state index in [2.05, 4.69) is 4.74 Å². The number of hydrogen-bond donors (Lipinski definition) is 1. The lowest BCUT2D eigenvalue weighted by Gasteiger charge is -2.31. The van der Waals surface area contributed by atoms with Gasteiger partial charge >= 0.3 is 6.36 Å². The molecule has 1 aromatic rings. The van der Waals surface area contributed by atoms with E-state index in [1.807, 2.05) is 6.92 Å². The Kier molecular flexibility index (Phi) is 4.81. The van der Waals surface area contributed by atoms with E-state index < -0.39 is 18.0 Å². The quantitative estimate of drug-likeness (QED) is 0.897. The fourth-order valence-corrected chi connectivity index (χ4v) is 1.77. The van der Waals surface area contributed by atoms with Gasteiger partial charge in [0.1, 0.15) is 5.75 Å². The lowest BCUT2D eigenvalue weighted by atomic mass is 9.92. The van der Waals surface area contributed by atoms with E-state index in [1.165, 1.54) is 18.2 Å².